The van der Waals surface area contributed by atoms with E-state index >= 15 is 0 Å². The molecule has 0 aromatic heterocycles. The zero-order valence-corrected chi connectivity index (χ0v) is 13.6. The third-order valence-corrected chi connectivity index (χ3v) is 4.11. The van der Waals surface area contributed by atoms with Crippen LogP contribution in [0.25, 0.3) is 6.08 Å². The van der Waals surface area contributed by atoms with Crippen molar-refractivity contribution < 1.29 is 9.59 Å². The van der Waals surface area contributed by atoms with Gasteiger partial charge in [-0.2, -0.15) is 0 Å². The van der Waals surface area contributed by atoms with Crippen molar-refractivity contribution >= 4 is 23.6 Å². The standard InChI is InChI=1S/C20H20N2O2/c1-14(21-19(23)11-7-15-5-3-2-4-6-15)16-8-10-18-17(13-16)9-12-20(24)22-18/h2-8,10-11,13-14H,9,12H2,1H3,(H,21,23)(H,22,24)/b11-7+. The van der Waals surface area contributed by atoms with Gasteiger partial charge in [0.2, 0.25) is 11.8 Å². The van der Waals surface area contributed by atoms with Gasteiger partial charge >= 0.3 is 0 Å². The lowest BCUT2D eigenvalue weighted by molar-refractivity contribution is -0.117. The van der Waals surface area contributed by atoms with E-state index in [4.69, 9.17) is 0 Å². The fraction of sp³-hybridized carbons (Fsp3) is 0.200. The first kappa shape index (κ1) is 16.0. The van der Waals surface area contributed by atoms with Crippen LogP contribution < -0.4 is 10.6 Å². The monoisotopic (exact) mass is 320 g/mol. The molecule has 0 fully saturated rings. The molecular weight excluding hydrogens is 300 g/mol. The largest absolute Gasteiger partial charge is 0.346 e. The SMILES string of the molecule is CC(NC(=O)/C=C/c1ccccc1)c1ccc2c(c1)CCC(=O)N2. The molecule has 2 N–H and O–H groups in total. The van der Waals surface area contributed by atoms with Crippen LogP contribution in [-0.4, -0.2) is 11.8 Å². The first-order valence-corrected chi connectivity index (χ1v) is 8.08. The number of anilines is 1. The van der Waals surface area contributed by atoms with Crippen LogP contribution in [0.5, 0.6) is 0 Å². The lowest BCUT2D eigenvalue weighted by Gasteiger charge is -2.20. The molecule has 2 aromatic carbocycles. The van der Waals surface area contributed by atoms with Gasteiger partial charge in [-0.1, -0.05) is 42.5 Å². The Morgan fingerprint density at radius 1 is 1.17 bits per heavy atom. The Kier molecular flexibility index (Phi) is 4.75. The molecule has 0 bridgehead atoms. The highest BCUT2D eigenvalue weighted by Crippen LogP contribution is 2.26. The maximum absolute atomic E-state index is 12.1. The fourth-order valence-corrected chi connectivity index (χ4v) is 2.75. The molecule has 1 atom stereocenters. The summed E-state index contributed by atoms with van der Waals surface area (Å²) in [6.45, 7) is 1.96. The summed E-state index contributed by atoms with van der Waals surface area (Å²) >= 11 is 0. The Bertz CT molecular complexity index is 781. The van der Waals surface area contributed by atoms with Gasteiger partial charge in [-0.3, -0.25) is 9.59 Å². The van der Waals surface area contributed by atoms with Gasteiger partial charge in [0.05, 0.1) is 6.04 Å². The van der Waals surface area contributed by atoms with Gasteiger partial charge in [0, 0.05) is 18.2 Å². The van der Waals surface area contributed by atoms with E-state index in [-0.39, 0.29) is 17.9 Å². The van der Waals surface area contributed by atoms with Crippen molar-refractivity contribution in [1.82, 2.24) is 5.32 Å². The average Bonchev–Trinajstić information content (AvgIpc) is 2.60. The Morgan fingerprint density at radius 2 is 1.96 bits per heavy atom. The predicted octanol–water partition coefficient (Wildman–Crippen LogP) is 3.46. The second-order valence-electron chi connectivity index (χ2n) is 5.94. The number of benzene rings is 2. The van der Waals surface area contributed by atoms with Crippen molar-refractivity contribution in [2.45, 2.75) is 25.8 Å². The summed E-state index contributed by atoms with van der Waals surface area (Å²) in [4.78, 5) is 23.5. The van der Waals surface area contributed by atoms with E-state index < -0.39 is 0 Å². The van der Waals surface area contributed by atoms with Gasteiger partial charge in [-0.15, -0.1) is 0 Å². The predicted molar refractivity (Wildman–Crippen MR) is 95.4 cm³/mol. The fourth-order valence-electron chi connectivity index (χ4n) is 2.75. The van der Waals surface area contributed by atoms with Gasteiger partial charge in [0.15, 0.2) is 0 Å². The minimum atomic E-state index is -0.127. The number of hydrogen-bond donors (Lipinski definition) is 2. The topological polar surface area (TPSA) is 58.2 Å². The Balaban J connectivity index is 1.64. The maximum Gasteiger partial charge on any atom is 0.244 e. The highest BCUT2D eigenvalue weighted by molar-refractivity contribution is 5.94. The van der Waals surface area contributed by atoms with E-state index in [0.29, 0.717) is 6.42 Å². The number of nitrogens with one attached hydrogen (secondary N) is 2. The van der Waals surface area contributed by atoms with Gasteiger partial charge in [0.25, 0.3) is 0 Å². The normalized spacial score (nSPS) is 14.8. The molecule has 0 aliphatic carbocycles. The van der Waals surface area contributed by atoms with Crippen LogP contribution in [-0.2, 0) is 16.0 Å². The molecule has 24 heavy (non-hydrogen) atoms. The van der Waals surface area contributed by atoms with Crippen molar-refractivity contribution in [2.24, 2.45) is 0 Å². The molecule has 0 spiro atoms. The second kappa shape index (κ2) is 7.13. The second-order valence-corrected chi connectivity index (χ2v) is 5.94. The van der Waals surface area contributed by atoms with E-state index in [2.05, 4.69) is 16.7 Å². The number of carbonyl (C=O) groups is 2. The van der Waals surface area contributed by atoms with Crippen LogP contribution in [0.3, 0.4) is 0 Å². The molecule has 1 heterocycles. The van der Waals surface area contributed by atoms with Crippen molar-refractivity contribution in [3.63, 3.8) is 0 Å². The van der Waals surface area contributed by atoms with Crippen LogP contribution >= 0.6 is 0 Å². The van der Waals surface area contributed by atoms with E-state index in [1.54, 1.807) is 12.2 Å². The molecule has 0 saturated carbocycles. The molecule has 4 heteroatoms. The smallest absolute Gasteiger partial charge is 0.244 e. The zero-order valence-electron chi connectivity index (χ0n) is 13.6. The summed E-state index contributed by atoms with van der Waals surface area (Å²) in [5.74, 6) is -0.0694. The van der Waals surface area contributed by atoms with E-state index in [0.717, 1.165) is 28.8 Å². The minimum Gasteiger partial charge on any atom is -0.346 e. The van der Waals surface area contributed by atoms with E-state index in [1.807, 2.05) is 49.4 Å². The molecule has 0 radical (unpaired) electrons. The number of carbonyl (C=O) groups excluding carboxylic acids is 2. The average molecular weight is 320 g/mol. The lowest BCUT2D eigenvalue weighted by atomic mass is 9.98. The van der Waals surface area contributed by atoms with E-state index in [9.17, 15) is 9.59 Å². The van der Waals surface area contributed by atoms with Gasteiger partial charge in [-0.05, 0) is 42.2 Å². The molecule has 2 amide bonds. The molecule has 1 aliphatic heterocycles. The highest BCUT2D eigenvalue weighted by atomic mass is 16.2. The van der Waals surface area contributed by atoms with Gasteiger partial charge in [-0.25, -0.2) is 0 Å². The Morgan fingerprint density at radius 3 is 2.75 bits per heavy atom. The minimum absolute atomic E-state index is 0.0580. The summed E-state index contributed by atoms with van der Waals surface area (Å²) in [5, 5.41) is 5.84. The van der Waals surface area contributed by atoms with Gasteiger partial charge in [0.1, 0.15) is 0 Å². The summed E-state index contributed by atoms with van der Waals surface area (Å²) in [5.41, 5.74) is 4.02. The molecule has 122 valence electrons. The first-order chi connectivity index (χ1) is 11.6. The Labute approximate surface area is 141 Å². The molecule has 4 nitrogen and oxygen atoms in total. The van der Waals surface area contributed by atoms with Crippen LogP contribution in [0.1, 0.15) is 36.1 Å². The third kappa shape index (κ3) is 3.90. The van der Waals surface area contributed by atoms with Crippen LogP contribution in [0, 0.1) is 0 Å². The molecule has 0 saturated heterocycles. The van der Waals surface area contributed by atoms with Crippen LogP contribution in [0.2, 0.25) is 0 Å². The summed E-state index contributed by atoms with van der Waals surface area (Å²) in [6, 6.07) is 15.5. The molecule has 3 rings (SSSR count). The molecule has 2 aromatic rings. The van der Waals surface area contributed by atoms with Crippen molar-refractivity contribution in [2.75, 3.05) is 5.32 Å². The number of aryl methyl sites for hydroxylation is 1. The van der Waals surface area contributed by atoms with Crippen LogP contribution in [0.15, 0.2) is 54.6 Å². The van der Waals surface area contributed by atoms with E-state index in [1.165, 1.54) is 0 Å². The molecule has 1 aliphatic rings. The number of hydrogen-bond acceptors (Lipinski definition) is 2. The first-order valence-electron chi connectivity index (χ1n) is 8.08. The number of fused-ring (bicyclic) bond motifs is 1. The summed E-state index contributed by atoms with van der Waals surface area (Å²) < 4.78 is 0. The highest BCUT2D eigenvalue weighted by Gasteiger charge is 2.16. The quantitative estimate of drug-likeness (QED) is 0.848. The van der Waals surface area contributed by atoms with Crippen molar-refractivity contribution in [3.8, 4) is 0 Å². The summed E-state index contributed by atoms with van der Waals surface area (Å²) in [6.07, 6.45) is 4.59. The van der Waals surface area contributed by atoms with Crippen molar-refractivity contribution in [1.29, 1.82) is 0 Å². The molecule has 1 unspecified atom stereocenters. The summed E-state index contributed by atoms with van der Waals surface area (Å²) in [7, 11) is 0. The lowest BCUT2D eigenvalue weighted by Crippen LogP contribution is -2.25. The van der Waals surface area contributed by atoms with Gasteiger partial charge < -0.3 is 10.6 Å². The third-order valence-electron chi connectivity index (χ3n) is 4.11. The maximum atomic E-state index is 12.1. The van der Waals surface area contributed by atoms with Crippen molar-refractivity contribution in [3.05, 3.63) is 71.3 Å². The number of amides is 2. The van der Waals surface area contributed by atoms with Crippen LogP contribution in [0.4, 0.5) is 5.69 Å². The zero-order chi connectivity index (χ0) is 16.9. The number of rotatable bonds is 4. The Hall–Kier alpha value is -2.88. The molecular formula is C20H20N2O2.